The highest BCUT2D eigenvalue weighted by Crippen LogP contribution is 2.37. The minimum Gasteiger partial charge on any atom is -0.497 e. The number of carboxylic acid groups (broad SMARTS) is 1. The summed E-state index contributed by atoms with van der Waals surface area (Å²) in [6.07, 6.45) is -7.04. The fourth-order valence-electron chi connectivity index (χ4n) is 4.92. The zero-order valence-corrected chi connectivity index (χ0v) is 24.5. The molecule has 1 aromatic heterocycles. The second-order valence-corrected chi connectivity index (χ2v) is 11.0. The molecule has 5 atom stereocenters. The minimum absolute atomic E-state index is 0.105. The van der Waals surface area contributed by atoms with Crippen LogP contribution >= 0.6 is 11.6 Å². The maximum Gasteiger partial charge on any atom is 0.335 e. The normalized spacial score (nSPS) is 24.8. The summed E-state index contributed by atoms with van der Waals surface area (Å²) in [5.41, 5.74) is -0.230. The van der Waals surface area contributed by atoms with E-state index in [1.165, 1.54) is 37.6 Å². The Morgan fingerprint density at radius 3 is 2.35 bits per heavy atom. The number of nitrogens with zero attached hydrogens (tertiary/aromatic N) is 2. The van der Waals surface area contributed by atoms with Gasteiger partial charge in [0.05, 0.1) is 23.4 Å². The van der Waals surface area contributed by atoms with Crippen molar-refractivity contribution in [3.63, 3.8) is 0 Å². The molecule has 2 amide bonds. The fourth-order valence-corrected chi connectivity index (χ4v) is 5.03. The quantitative estimate of drug-likeness (QED) is 0.235. The Balaban J connectivity index is 1.70. The summed E-state index contributed by atoms with van der Waals surface area (Å²) in [6, 6.07) is 5.98. The molecular formula is C28H35ClN4O10. The van der Waals surface area contributed by atoms with Gasteiger partial charge in [-0.1, -0.05) is 11.6 Å². The first-order chi connectivity index (χ1) is 20.4. The second-order valence-electron chi connectivity index (χ2n) is 10.6. The van der Waals surface area contributed by atoms with E-state index in [4.69, 9.17) is 25.8 Å². The topological polar surface area (TPSA) is 200 Å². The van der Waals surface area contributed by atoms with E-state index in [1.54, 1.807) is 0 Å². The molecule has 0 bridgehead atoms. The number of piperidine rings is 1. The van der Waals surface area contributed by atoms with E-state index < -0.39 is 42.6 Å². The number of aliphatic carboxylic acids is 1. The number of methoxy groups -OCH3 is 1. The van der Waals surface area contributed by atoms with E-state index in [-0.39, 0.29) is 40.4 Å². The molecule has 0 radical (unpaired) electrons. The number of hydrogen-bond donors (Lipinski definition) is 6. The molecule has 2 aromatic rings. The van der Waals surface area contributed by atoms with Crippen LogP contribution in [0.4, 0.5) is 11.5 Å². The molecule has 2 aliphatic heterocycles. The molecule has 43 heavy (non-hydrogen) atoms. The number of pyridine rings is 1. The molecule has 15 heteroatoms. The molecule has 1 aromatic carbocycles. The van der Waals surface area contributed by atoms with Crippen molar-refractivity contribution in [1.29, 1.82) is 0 Å². The first-order valence-corrected chi connectivity index (χ1v) is 14.1. The van der Waals surface area contributed by atoms with Gasteiger partial charge in [0.25, 0.3) is 5.91 Å². The summed E-state index contributed by atoms with van der Waals surface area (Å²) in [7, 11) is 1.33. The Labute approximate surface area is 252 Å². The number of nitrogens with one attached hydrogen (secondary N) is 2. The zero-order chi connectivity index (χ0) is 31.4. The Hall–Kier alpha value is -3.53. The van der Waals surface area contributed by atoms with E-state index >= 15 is 0 Å². The van der Waals surface area contributed by atoms with Gasteiger partial charge >= 0.3 is 5.97 Å². The Kier molecular flexibility index (Phi) is 10.4. The third-order valence-electron chi connectivity index (χ3n) is 7.46. The number of aliphatic hydroxyl groups excluding tert-OH is 3. The molecule has 14 nitrogen and oxygen atoms in total. The molecule has 0 aliphatic carbocycles. The van der Waals surface area contributed by atoms with Crippen LogP contribution in [0.1, 0.15) is 37.0 Å². The predicted molar refractivity (Wildman–Crippen MR) is 153 cm³/mol. The predicted octanol–water partition coefficient (Wildman–Crippen LogP) is 1.33. The van der Waals surface area contributed by atoms with E-state index in [0.717, 1.165) is 0 Å². The Morgan fingerprint density at radius 1 is 1.07 bits per heavy atom. The molecule has 0 saturated carbocycles. The first kappa shape index (κ1) is 32.4. The van der Waals surface area contributed by atoms with Crippen molar-refractivity contribution in [2.24, 2.45) is 5.92 Å². The molecular weight excluding hydrogens is 588 g/mol. The number of aromatic nitrogens is 1. The SMILES string of the molecule is COc1cc(O[C@@H]2O[C@H](C(=O)O)[C@@H](O)[C@H](O)[C@H]2O)c(NC(=O)C2CCN(C(C)C)CC2)c(C(=O)Nc2ccc(Cl)cn2)c1. The monoisotopic (exact) mass is 622 g/mol. The maximum absolute atomic E-state index is 13.5. The highest BCUT2D eigenvalue weighted by molar-refractivity contribution is 6.30. The smallest absolute Gasteiger partial charge is 0.335 e. The summed E-state index contributed by atoms with van der Waals surface area (Å²) in [4.78, 5) is 45.0. The van der Waals surface area contributed by atoms with Gasteiger partial charge in [0.15, 0.2) is 11.9 Å². The van der Waals surface area contributed by atoms with Crippen molar-refractivity contribution in [2.45, 2.75) is 63.4 Å². The number of carbonyl (C=O) groups excluding carboxylic acids is 2. The number of carbonyl (C=O) groups is 3. The molecule has 4 rings (SSSR count). The van der Waals surface area contributed by atoms with Crippen LogP contribution in [0.15, 0.2) is 30.5 Å². The third-order valence-corrected chi connectivity index (χ3v) is 7.68. The zero-order valence-electron chi connectivity index (χ0n) is 23.8. The number of hydrogen-bond acceptors (Lipinski definition) is 11. The standard InChI is InChI=1S/C28H35ClN4O10/c1-13(2)33-8-6-14(7-9-33)25(37)32-20-17(26(38)31-19-5-4-15(29)12-30-19)10-16(41-3)11-18(20)42-28-23(36)21(34)22(35)24(43-28)27(39)40/h4-5,10-14,21-24,28,34-36H,6-9H2,1-3H3,(H,32,37)(H,39,40)(H,30,31,38)/t21-,22-,23+,24-,28+/m0/s1. The van der Waals surface area contributed by atoms with Gasteiger partial charge in [0, 0.05) is 24.2 Å². The maximum atomic E-state index is 13.5. The Bertz CT molecular complexity index is 1320. The van der Waals surface area contributed by atoms with Crippen LogP contribution in [-0.4, -0.2) is 105 Å². The highest BCUT2D eigenvalue weighted by Gasteiger charge is 2.48. The van der Waals surface area contributed by atoms with Crippen molar-refractivity contribution in [3.05, 3.63) is 41.0 Å². The van der Waals surface area contributed by atoms with Crippen LogP contribution in [0.2, 0.25) is 5.02 Å². The van der Waals surface area contributed by atoms with Crippen LogP contribution in [0.3, 0.4) is 0 Å². The van der Waals surface area contributed by atoms with Gasteiger partial charge < -0.3 is 50.2 Å². The average Bonchev–Trinajstić information content (AvgIpc) is 2.98. The summed E-state index contributed by atoms with van der Waals surface area (Å²) in [6.45, 7) is 5.56. The van der Waals surface area contributed by atoms with Crippen molar-refractivity contribution >= 4 is 40.9 Å². The summed E-state index contributed by atoms with van der Waals surface area (Å²) in [5, 5.41) is 46.1. The third kappa shape index (κ3) is 7.52. The number of rotatable bonds is 9. The second kappa shape index (κ2) is 13.8. The lowest BCUT2D eigenvalue weighted by molar-refractivity contribution is -0.271. The molecule has 0 spiro atoms. The van der Waals surface area contributed by atoms with E-state index in [9.17, 15) is 34.8 Å². The lowest BCUT2D eigenvalue weighted by Gasteiger charge is -2.38. The van der Waals surface area contributed by atoms with E-state index in [2.05, 4.69) is 34.4 Å². The lowest BCUT2D eigenvalue weighted by Crippen LogP contribution is -2.61. The van der Waals surface area contributed by atoms with Crippen LogP contribution in [0, 0.1) is 5.92 Å². The van der Waals surface area contributed by atoms with Gasteiger partial charge in [-0.3, -0.25) is 9.59 Å². The summed E-state index contributed by atoms with van der Waals surface area (Å²) >= 11 is 5.90. The molecule has 2 saturated heterocycles. The number of aliphatic hydroxyl groups is 3. The van der Waals surface area contributed by atoms with Crippen LogP contribution in [0.5, 0.6) is 11.5 Å². The largest absolute Gasteiger partial charge is 0.497 e. The van der Waals surface area contributed by atoms with Gasteiger partial charge in [-0.05, 0) is 58.0 Å². The molecule has 234 valence electrons. The van der Waals surface area contributed by atoms with Crippen LogP contribution < -0.4 is 20.1 Å². The van der Waals surface area contributed by atoms with Crippen LogP contribution in [0.25, 0.3) is 0 Å². The van der Waals surface area contributed by atoms with Gasteiger partial charge in [-0.15, -0.1) is 0 Å². The fraction of sp³-hybridized carbons (Fsp3) is 0.500. The average molecular weight is 623 g/mol. The first-order valence-electron chi connectivity index (χ1n) is 13.7. The summed E-state index contributed by atoms with van der Waals surface area (Å²) in [5.74, 6) is -3.05. The molecule has 3 heterocycles. The number of amides is 2. The molecule has 6 N–H and O–H groups in total. The molecule has 2 aliphatic rings. The summed E-state index contributed by atoms with van der Waals surface area (Å²) < 4.78 is 16.4. The lowest BCUT2D eigenvalue weighted by atomic mass is 9.94. The number of anilines is 2. The number of ether oxygens (including phenoxy) is 3. The highest BCUT2D eigenvalue weighted by atomic mass is 35.5. The molecule has 0 unspecified atom stereocenters. The minimum atomic E-state index is -1.94. The van der Waals surface area contributed by atoms with Gasteiger partial charge in [-0.2, -0.15) is 0 Å². The van der Waals surface area contributed by atoms with Gasteiger partial charge in [0.1, 0.15) is 29.9 Å². The molecule has 2 fully saturated rings. The van der Waals surface area contributed by atoms with Gasteiger partial charge in [-0.25, -0.2) is 9.78 Å². The number of benzene rings is 1. The number of likely N-dealkylation sites (tertiary alicyclic amines) is 1. The van der Waals surface area contributed by atoms with Crippen molar-refractivity contribution in [2.75, 3.05) is 30.8 Å². The van der Waals surface area contributed by atoms with Crippen molar-refractivity contribution < 1.29 is 49.0 Å². The van der Waals surface area contributed by atoms with Crippen LogP contribution in [-0.2, 0) is 14.3 Å². The van der Waals surface area contributed by atoms with Gasteiger partial charge in [0.2, 0.25) is 12.2 Å². The van der Waals surface area contributed by atoms with E-state index in [0.29, 0.717) is 37.0 Å². The number of halogens is 1. The van der Waals surface area contributed by atoms with E-state index in [1.807, 2.05) is 0 Å². The van der Waals surface area contributed by atoms with Crippen molar-refractivity contribution in [3.8, 4) is 11.5 Å². The Morgan fingerprint density at radius 2 is 1.77 bits per heavy atom. The van der Waals surface area contributed by atoms with Crippen molar-refractivity contribution in [1.82, 2.24) is 9.88 Å². The number of carboxylic acids is 1.